The van der Waals surface area contributed by atoms with Gasteiger partial charge in [0.2, 0.25) is 5.91 Å². The molecule has 0 spiro atoms. The molecule has 1 aliphatic carbocycles. The molecule has 118 valence electrons. The Bertz CT molecular complexity index is 301. The van der Waals surface area contributed by atoms with E-state index in [2.05, 4.69) is 33.0 Å². The second-order valence-electron chi connectivity index (χ2n) is 7.97. The van der Waals surface area contributed by atoms with Crippen LogP contribution < -0.4 is 11.1 Å². The van der Waals surface area contributed by atoms with E-state index in [9.17, 15) is 4.79 Å². The van der Waals surface area contributed by atoms with Gasteiger partial charge in [0.05, 0.1) is 0 Å². The van der Waals surface area contributed by atoms with Gasteiger partial charge in [0.15, 0.2) is 0 Å². The molecule has 1 rings (SSSR count). The maximum Gasteiger partial charge on any atom is 0.220 e. The maximum atomic E-state index is 12.0. The molecular formula is C17H34N2O. The van der Waals surface area contributed by atoms with Crippen molar-refractivity contribution in [3.63, 3.8) is 0 Å². The van der Waals surface area contributed by atoms with Crippen molar-refractivity contribution in [1.82, 2.24) is 5.32 Å². The van der Waals surface area contributed by atoms with Crippen molar-refractivity contribution >= 4 is 5.91 Å². The van der Waals surface area contributed by atoms with E-state index in [1.165, 1.54) is 25.7 Å². The van der Waals surface area contributed by atoms with Crippen molar-refractivity contribution in [2.45, 2.75) is 72.6 Å². The summed E-state index contributed by atoms with van der Waals surface area (Å²) in [5.41, 5.74) is 6.27. The zero-order chi connectivity index (χ0) is 15.2. The first-order chi connectivity index (χ1) is 9.27. The van der Waals surface area contributed by atoms with Crippen LogP contribution in [0.3, 0.4) is 0 Å². The summed E-state index contributed by atoms with van der Waals surface area (Å²) in [6.07, 6.45) is 7.73. The van der Waals surface area contributed by atoms with Crippen molar-refractivity contribution in [3.05, 3.63) is 0 Å². The molecule has 1 amide bonds. The number of rotatable bonds is 7. The minimum Gasteiger partial charge on any atom is -0.356 e. The van der Waals surface area contributed by atoms with Crippen LogP contribution in [0.25, 0.3) is 0 Å². The topological polar surface area (TPSA) is 55.1 Å². The van der Waals surface area contributed by atoms with Crippen LogP contribution in [-0.4, -0.2) is 19.0 Å². The number of nitrogens with one attached hydrogen (secondary N) is 1. The molecule has 1 saturated carbocycles. The summed E-state index contributed by atoms with van der Waals surface area (Å²) in [5, 5.41) is 3.14. The lowest BCUT2D eigenvalue weighted by atomic mass is 9.76. The van der Waals surface area contributed by atoms with Crippen LogP contribution in [0.4, 0.5) is 0 Å². The molecule has 0 radical (unpaired) electrons. The molecule has 20 heavy (non-hydrogen) atoms. The van der Waals surface area contributed by atoms with E-state index < -0.39 is 0 Å². The average molecular weight is 282 g/mol. The Morgan fingerprint density at radius 2 is 1.85 bits per heavy atom. The van der Waals surface area contributed by atoms with Gasteiger partial charge >= 0.3 is 0 Å². The highest BCUT2D eigenvalue weighted by atomic mass is 16.1. The fourth-order valence-corrected chi connectivity index (χ4v) is 3.32. The van der Waals surface area contributed by atoms with Gasteiger partial charge in [-0.1, -0.05) is 40.5 Å². The lowest BCUT2D eigenvalue weighted by Gasteiger charge is -2.30. The van der Waals surface area contributed by atoms with Crippen LogP contribution in [-0.2, 0) is 4.79 Å². The first-order valence-electron chi connectivity index (χ1n) is 8.24. The molecule has 1 fully saturated rings. The van der Waals surface area contributed by atoms with Crippen LogP contribution in [0.1, 0.15) is 72.6 Å². The van der Waals surface area contributed by atoms with Crippen molar-refractivity contribution in [2.75, 3.05) is 13.1 Å². The van der Waals surface area contributed by atoms with E-state index >= 15 is 0 Å². The number of hydrogen-bond acceptors (Lipinski definition) is 2. The Morgan fingerprint density at radius 3 is 2.35 bits per heavy atom. The van der Waals surface area contributed by atoms with Gasteiger partial charge in [-0.15, -0.1) is 0 Å². The van der Waals surface area contributed by atoms with Gasteiger partial charge in [0.1, 0.15) is 0 Å². The molecule has 0 saturated heterocycles. The molecule has 3 nitrogen and oxygen atoms in total. The zero-order valence-electron chi connectivity index (χ0n) is 13.9. The van der Waals surface area contributed by atoms with Crippen LogP contribution in [0, 0.1) is 16.7 Å². The summed E-state index contributed by atoms with van der Waals surface area (Å²) in [6, 6.07) is 0. The van der Waals surface area contributed by atoms with E-state index in [1.54, 1.807) is 0 Å². The largest absolute Gasteiger partial charge is 0.356 e. The summed E-state index contributed by atoms with van der Waals surface area (Å²) in [6.45, 7) is 10.6. The van der Waals surface area contributed by atoms with E-state index in [-0.39, 0.29) is 11.3 Å². The summed E-state index contributed by atoms with van der Waals surface area (Å²) >= 11 is 0. The molecule has 3 N–H and O–H groups in total. The molecule has 1 unspecified atom stereocenters. The van der Waals surface area contributed by atoms with Gasteiger partial charge in [0, 0.05) is 13.0 Å². The fraction of sp³-hybridized carbons (Fsp3) is 0.941. The van der Waals surface area contributed by atoms with E-state index in [1.807, 2.05) is 0 Å². The molecule has 0 aliphatic heterocycles. The van der Waals surface area contributed by atoms with E-state index in [0.29, 0.717) is 24.3 Å². The summed E-state index contributed by atoms with van der Waals surface area (Å²) in [4.78, 5) is 12.0. The number of hydrogen-bond donors (Lipinski definition) is 2. The predicted molar refractivity (Wildman–Crippen MR) is 85.4 cm³/mol. The molecule has 0 aromatic heterocycles. The highest BCUT2D eigenvalue weighted by molar-refractivity contribution is 5.75. The first-order valence-corrected chi connectivity index (χ1v) is 8.24. The quantitative estimate of drug-likeness (QED) is 0.751. The fourth-order valence-electron chi connectivity index (χ4n) is 3.32. The first kappa shape index (κ1) is 17.5. The van der Waals surface area contributed by atoms with Gasteiger partial charge in [-0.25, -0.2) is 0 Å². The molecule has 3 heteroatoms. The monoisotopic (exact) mass is 282 g/mol. The minimum atomic E-state index is 0.212. The number of carbonyl (C=O) groups is 1. The Balaban J connectivity index is 2.30. The van der Waals surface area contributed by atoms with Gasteiger partial charge in [-0.05, 0) is 49.0 Å². The van der Waals surface area contributed by atoms with Crippen molar-refractivity contribution in [2.24, 2.45) is 22.5 Å². The van der Waals surface area contributed by atoms with Crippen molar-refractivity contribution in [1.29, 1.82) is 0 Å². The highest BCUT2D eigenvalue weighted by Crippen LogP contribution is 2.36. The maximum absolute atomic E-state index is 12.0. The Morgan fingerprint density at radius 1 is 1.25 bits per heavy atom. The minimum absolute atomic E-state index is 0.212. The molecule has 0 heterocycles. The van der Waals surface area contributed by atoms with Crippen molar-refractivity contribution in [3.8, 4) is 0 Å². The van der Waals surface area contributed by atoms with Crippen LogP contribution >= 0.6 is 0 Å². The van der Waals surface area contributed by atoms with Crippen LogP contribution in [0.15, 0.2) is 0 Å². The van der Waals surface area contributed by atoms with Crippen molar-refractivity contribution < 1.29 is 4.79 Å². The molecular weight excluding hydrogens is 248 g/mol. The second kappa shape index (κ2) is 7.44. The average Bonchev–Trinajstić information content (AvgIpc) is 2.78. The van der Waals surface area contributed by atoms with Gasteiger partial charge in [-0.2, -0.15) is 0 Å². The summed E-state index contributed by atoms with van der Waals surface area (Å²) < 4.78 is 0. The van der Waals surface area contributed by atoms with E-state index in [4.69, 9.17) is 5.73 Å². The lowest BCUT2D eigenvalue weighted by Crippen LogP contribution is -2.34. The summed E-state index contributed by atoms with van der Waals surface area (Å²) in [5.74, 6) is 0.740. The third-order valence-corrected chi connectivity index (χ3v) is 4.98. The zero-order valence-corrected chi connectivity index (χ0v) is 13.9. The Kier molecular flexibility index (Phi) is 6.50. The molecule has 1 aliphatic rings. The molecule has 0 aromatic rings. The van der Waals surface area contributed by atoms with Gasteiger partial charge in [-0.3, -0.25) is 4.79 Å². The van der Waals surface area contributed by atoms with Gasteiger partial charge in [0.25, 0.3) is 0 Å². The SMILES string of the molecule is CC1(CNC(=O)CCC(CCN)C(C)(C)C)CCCC1. The normalized spacial score (nSPS) is 19.9. The standard InChI is InChI=1S/C17H34N2O/c1-16(2,3)14(9-12-18)7-8-15(20)19-13-17(4)10-5-6-11-17/h14H,5-13,18H2,1-4H3,(H,19,20). The Labute approximate surface area is 125 Å². The molecule has 0 bridgehead atoms. The third-order valence-electron chi connectivity index (χ3n) is 4.98. The van der Waals surface area contributed by atoms with E-state index in [0.717, 1.165) is 19.4 Å². The van der Waals surface area contributed by atoms with Crippen LogP contribution in [0.2, 0.25) is 0 Å². The summed E-state index contributed by atoms with van der Waals surface area (Å²) in [7, 11) is 0. The van der Waals surface area contributed by atoms with Gasteiger partial charge < -0.3 is 11.1 Å². The second-order valence-corrected chi connectivity index (χ2v) is 7.97. The molecule has 1 atom stereocenters. The van der Waals surface area contributed by atoms with Crippen LogP contribution in [0.5, 0.6) is 0 Å². The highest BCUT2D eigenvalue weighted by Gasteiger charge is 2.29. The predicted octanol–water partition coefficient (Wildman–Crippen LogP) is 3.47. The lowest BCUT2D eigenvalue weighted by molar-refractivity contribution is -0.122. The third kappa shape index (κ3) is 5.82. The molecule has 0 aromatic carbocycles. The number of nitrogens with two attached hydrogens (primary N) is 1. The number of amides is 1. The number of carbonyl (C=O) groups excluding carboxylic acids is 1. The Hall–Kier alpha value is -0.570. The smallest absolute Gasteiger partial charge is 0.220 e.